The van der Waals surface area contributed by atoms with Gasteiger partial charge in [0, 0.05) is 13.1 Å². The number of hydrogen-bond donors (Lipinski definition) is 3. The van der Waals surface area contributed by atoms with Crippen molar-refractivity contribution in [2.24, 2.45) is 5.73 Å². The van der Waals surface area contributed by atoms with Crippen LogP contribution in [0, 0.1) is 0 Å². The fourth-order valence-corrected chi connectivity index (χ4v) is 1.30. The first kappa shape index (κ1) is 13.1. The average molecular weight is 225 g/mol. The molecule has 0 aromatic carbocycles. The zero-order valence-corrected chi connectivity index (χ0v) is 8.93. The first-order valence-corrected chi connectivity index (χ1v) is 5.54. The quantitative estimate of drug-likeness (QED) is 0.551. The van der Waals surface area contributed by atoms with E-state index in [4.69, 9.17) is 5.73 Å². The van der Waals surface area contributed by atoms with Crippen molar-refractivity contribution in [1.82, 2.24) is 9.44 Å². The van der Waals surface area contributed by atoms with Crippen molar-refractivity contribution in [1.29, 1.82) is 0 Å². The van der Waals surface area contributed by atoms with Crippen LogP contribution in [0.15, 0.2) is 0 Å². The zero-order chi connectivity index (χ0) is 11.2. The summed E-state index contributed by atoms with van der Waals surface area (Å²) >= 11 is 0. The van der Waals surface area contributed by atoms with E-state index in [0.717, 1.165) is 0 Å². The SMILES string of the molecule is CC(C)OC(=O)NS(=O)(=O)NCCN. The molecule has 0 rings (SSSR count). The molecule has 0 heterocycles. The lowest BCUT2D eigenvalue weighted by Crippen LogP contribution is -2.42. The normalized spacial score (nSPS) is 11.4. The van der Waals surface area contributed by atoms with E-state index in [0.29, 0.717) is 0 Å². The highest BCUT2D eigenvalue weighted by atomic mass is 32.2. The van der Waals surface area contributed by atoms with Gasteiger partial charge >= 0.3 is 16.3 Å². The summed E-state index contributed by atoms with van der Waals surface area (Å²) in [4.78, 5) is 10.8. The van der Waals surface area contributed by atoms with Crippen LogP contribution in [-0.2, 0) is 14.9 Å². The first-order valence-electron chi connectivity index (χ1n) is 4.05. The molecule has 1 amide bonds. The third kappa shape index (κ3) is 6.63. The van der Waals surface area contributed by atoms with Crippen molar-refractivity contribution in [2.45, 2.75) is 20.0 Å². The van der Waals surface area contributed by atoms with Crippen molar-refractivity contribution >= 4 is 16.3 Å². The summed E-state index contributed by atoms with van der Waals surface area (Å²) in [6, 6.07) is 0. The molecule has 7 nitrogen and oxygen atoms in total. The molecule has 0 aliphatic carbocycles. The third-order valence-corrected chi connectivity index (χ3v) is 2.02. The van der Waals surface area contributed by atoms with Crippen LogP contribution in [0.3, 0.4) is 0 Å². The van der Waals surface area contributed by atoms with Gasteiger partial charge in [-0.3, -0.25) is 0 Å². The highest BCUT2D eigenvalue weighted by Gasteiger charge is 2.14. The van der Waals surface area contributed by atoms with E-state index in [1.165, 1.54) is 0 Å². The number of hydrogen-bond acceptors (Lipinski definition) is 5. The second-order valence-electron chi connectivity index (χ2n) is 2.74. The molecule has 0 aliphatic rings. The summed E-state index contributed by atoms with van der Waals surface area (Å²) in [6.07, 6.45) is -1.38. The highest BCUT2D eigenvalue weighted by molar-refractivity contribution is 7.88. The van der Waals surface area contributed by atoms with E-state index in [9.17, 15) is 13.2 Å². The molecule has 0 unspecified atom stereocenters. The number of nitrogens with one attached hydrogen (secondary N) is 2. The van der Waals surface area contributed by atoms with Gasteiger partial charge in [0.15, 0.2) is 0 Å². The molecule has 0 spiro atoms. The predicted molar refractivity (Wildman–Crippen MR) is 50.7 cm³/mol. The number of carbonyl (C=O) groups excluding carboxylic acids is 1. The van der Waals surface area contributed by atoms with Crippen molar-refractivity contribution < 1.29 is 17.9 Å². The smallest absolute Gasteiger partial charge is 0.422 e. The lowest BCUT2D eigenvalue weighted by molar-refractivity contribution is 0.121. The topological polar surface area (TPSA) is 111 Å². The van der Waals surface area contributed by atoms with Gasteiger partial charge < -0.3 is 10.5 Å². The van der Waals surface area contributed by atoms with Crippen molar-refractivity contribution in [3.8, 4) is 0 Å². The molecule has 14 heavy (non-hydrogen) atoms. The Bertz CT molecular complexity index is 275. The third-order valence-electron chi connectivity index (χ3n) is 0.997. The van der Waals surface area contributed by atoms with Gasteiger partial charge in [0.25, 0.3) is 0 Å². The van der Waals surface area contributed by atoms with Gasteiger partial charge in [0.05, 0.1) is 6.10 Å². The summed E-state index contributed by atoms with van der Waals surface area (Å²) in [5.74, 6) is 0. The fourth-order valence-electron chi connectivity index (χ4n) is 0.577. The zero-order valence-electron chi connectivity index (χ0n) is 8.11. The maximum Gasteiger partial charge on any atom is 0.422 e. The largest absolute Gasteiger partial charge is 0.446 e. The monoisotopic (exact) mass is 225 g/mol. The summed E-state index contributed by atoms with van der Waals surface area (Å²) < 4.78 is 30.3. The number of carbonyl (C=O) groups is 1. The van der Waals surface area contributed by atoms with E-state index in [1.54, 1.807) is 18.6 Å². The summed E-state index contributed by atoms with van der Waals surface area (Å²) in [5.41, 5.74) is 5.08. The second kappa shape index (κ2) is 5.78. The Morgan fingerprint density at radius 3 is 2.50 bits per heavy atom. The number of ether oxygens (including phenoxy) is 1. The van der Waals surface area contributed by atoms with E-state index in [-0.39, 0.29) is 19.2 Å². The molecular formula is C6H15N3O4S. The molecule has 0 atom stereocenters. The van der Waals surface area contributed by atoms with Crippen LogP contribution in [-0.4, -0.2) is 33.7 Å². The molecule has 0 saturated carbocycles. The van der Waals surface area contributed by atoms with Crippen molar-refractivity contribution in [3.05, 3.63) is 0 Å². The average Bonchev–Trinajstić information content (AvgIpc) is 1.98. The van der Waals surface area contributed by atoms with Crippen LogP contribution < -0.4 is 15.2 Å². The second-order valence-corrected chi connectivity index (χ2v) is 4.24. The Hall–Kier alpha value is -0.860. The predicted octanol–water partition coefficient (Wildman–Crippen LogP) is -1.09. The molecule has 4 N–H and O–H groups in total. The molecule has 8 heteroatoms. The van der Waals surface area contributed by atoms with Gasteiger partial charge in [-0.1, -0.05) is 0 Å². The van der Waals surface area contributed by atoms with Gasteiger partial charge in [-0.15, -0.1) is 0 Å². The van der Waals surface area contributed by atoms with Crippen LogP contribution in [0.1, 0.15) is 13.8 Å². The van der Waals surface area contributed by atoms with E-state index < -0.39 is 16.3 Å². The molecule has 0 aromatic rings. The van der Waals surface area contributed by atoms with Crippen LogP contribution in [0.5, 0.6) is 0 Å². The van der Waals surface area contributed by atoms with Gasteiger partial charge in [0.1, 0.15) is 0 Å². The lowest BCUT2D eigenvalue weighted by atomic mass is 10.5. The lowest BCUT2D eigenvalue weighted by Gasteiger charge is -2.10. The minimum Gasteiger partial charge on any atom is -0.446 e. The van der Waals surface area contributed by atoms with Crippen LogP contribution >= 0.6 is 0 Å². The highest BCUT2D eigenvalue weighted by Crippen LogP contribution is 1.89. The van der Waals surface area contributed by atoms with Crippen LogP contribution in [0.25, 0.3) is 0 Å². The standard InChI is InChI=1S/C6H15N3O4S/c1-5(2)13-6(10)9-14(11,12)8-4-3-7/h5,8H,3-4,7H2,1-2H3,(H,9,10). The van der Waals surface area contributed by atoms with E-state index in [2.05, 4.69) is 4.74 Å². The molecule has 0 fully saturated rings. The van der Waals surface area contributed by atoms with Gasteiger partial charge in [-0.05, 0) is 13.8 Å². The van der Waals surface area contributed by atoms with Crippen LogP contribution in [0.4, 0.5) is 4.79 Å². The Labute approximate surface area is 83.2 Å². The first-order chi connectivity index (χ1) is 6.37. The molecule has 84 valence electrons. The number of amides is 1. The molecule has 0 radical (unpaired) electrons. The number of rotatable bonds is 5. The Morgan fingerprint density at radius 2 is 2.07 bits per heavy atom. The van der Waals surface area contributed by atoms with Gasteiger partial charge in [-0.25, -0.2) is 9.52 Å². The van der Waals surface area contributed by atoms with E-state index >= 15 is 0 Å². The van der Waals surface area contributed by atoms with Gasteiger partial charge in [0.2, 0.25) is 0 Å². The molecule has 0 bridgehead atoms. The van der Waals surface area contributed by atoms with Crippen molar-refractivity contribution in [3.63, 3.8) is 0 Å². The fraction of sp³-hybridized carbons (Fsp3) is 0.833. The maximum absolute atomic E-state index is 11.0. The maximum atomic E-state index is 11.0. The molecule has 0 aromatic heterocycles. The summed E-state index contributed by atoms with van der Waals surface area (Å²) in [6.45, 7) is 3.43. The van der Waals surface area contributed by atoms with Gasteiger partial charge in [-0.2, -0.15) is 13.1 Å². The van der Waals surface area contributed by atoms with Crippen molar-refractivity contribution in [2.75, 3.05) is 13.1 Å². The van der Waals surface area contributed by atoms with Crippen LogP contribution in [0.2, 0.25) is 0 Å². The number of nitrogens with two attached hydrogens (primary N) is 1. The minimum absolute atomic E-state index is 0.0598. The Kier molecular flexibility index (Phi) is 5.43. The van der Waals surface area contributed by atoms with E-state index in [1.807, 2.05) is 4.72 Å². The minimum atomic E-state index is -3.84. The summed E-state index contributed by atoms with van der Waals surface area (Å²) in [5, 5.41) is 0. The molecule has 0 aliphatic heterocycles. The summed E-state index contributed by atoms with van der Waals surface area (Å²) in [7, 11) is -3.84. The Morgan fingerprint density at radius 1 is 1.50 bits per heavy atom. The Balaban J connectivity index is 4.03. The molecule has 0 saturated heterocycles. The molecular weight excluding hydrogens is 210 g/mol.